The van der Waals surface area contributed by atoms with Crippen LogP contribution in [-0.2, 0) is 6.54 Å². The van der Waals surface area contributed by atoms with Crippen molar-refractivity contribution in [3.8, 4) is 0 Å². The average Bonchev–Trinajstić information content (AvgIpc) is 2.82. The highest BCUT2D eigenvalue weighted by Gasteiger charge is 2.37. The maximum absolute atomic E-state index is 4.06. The molecule has 18 heavy (non-hydrogen) atoms. The van der Waals surface area contributed by atoms with Gasteiger partial charge < -0.3 is 10.2 Å². The normalized spacial score (nSPS) is 32.0. The maximum atomic E-state index is 4.06. The number of aromatic nitrogens is 2. The Hall–Kier alpha value is -0.870. The molecule has 2 N–H and O–H groups in total. The summed E-state index contributed by atoms with van der Waals surface area (Å²) in [6.45, 7) is 4.19. The molecular weight excluding hydrogens is 224 g/mol. The summed E-state index contributed by atoms with van der Waals surface area (Å²) >= 11 is 0. The number of aryl methyl sites for hydroxylation is 1. The Morgan fingerprint density at radius 3 is 2.72 bits per heavy atom. The van der Waals surface area contributed by atoms with Gasteiger partial charge in [0.1, 0.15) is 0 Å². The third kappa shape index (κ3) is 2.31. The van der Waals surface area contributed by atoms with E-state index in [9.17, 15) is 0 Å². The molecular formula is C14H24N4. The van der Waals surface area contributed by atoms with Crippen LogP contribution in [0.4, 0.5) is 0 Å². The molecule has 2 aliphatic rings. The first-order valence-electron chi connectivity index (χ1n) is 7.15. The predicted molar refractivity (Wildman–Crippen MR) is 72.3 cm³/mol. The fraction of sp³-hybridized carbons (Fsp3) is 0.786. The van der Waals surface area contributed by atoms with Gasteiger partial charge in [0.05, 0.1) is 6.20 Å². The monoisotopic (exact) mass is 248 g/mol. The van der Waals surface area contributed by atoms with E-state index in [1.165, 1.54) is 36.9 Å². The van der Waals surface area contributed by atoms with Gasteiger partial charge in [-0.15, -0.1) is 0 Å². The minimum atomic E-state index is 0.853. The Morgan fingerprint density at radius 2 is 2.11 bits per heavy atom. The minimum Gasteiger partial charge on any atom is -0.312 e. The number of hydrogen-bond acceptors (Lipinski definition) is 3. The molecule has 2 atom stereocenters. The molecule has 0 radical (unpaired) electrons. The van der Waals surface area contributed by atoms with Crippen LogP contribution in [0.1, 0.15) is 36.9 Å². The molecule has 0 saturated carbocycles. The zero-order chi connectivity index (χ0) is 12.5. The van der Waals surface area contributed by atoms with E-state index < -0.39 is 0 Å². The van der Waals surface area contributed by atoms with E-state index in [0.717, 1.165) is 31.1 Å². The lowest BCUT2D eigenvalue weighted by Gasteiger charge is -2.36. The van der Waals surface area contributed by atoms with Gasteiger partial charge in [-0.1, -0.05) is 0 Å². The molecule has 4 heteroatoms. The van der Waals surface area contributed by atoms with Crippen molar-refractivity contribution in [3.05, 3.63) is 17.5 Å². The van der Waals surface area contributed by atoms with Crippen LogP contribution < -0.4 is 5.32 Å². The largest absolute Gasteiger partial charge is 0.312 e. The van der Waals surface area contributed by atoms with E-state index in [2.05, 4.69) is 34.4 Å². The third-order valence-electron chi connectivity index (χ3n) is 4.88. The Bertz CT molecular complexity index is 386. The van der Waals surface area contributed by atoms with Crippen molar-refractivity contribution in [3.63, 3.8) is 0 Å². The highest BCUT2D eigenvalue weighted by atomic mass is 15.2. The summed E-state index contributed by atoms with van der Waals surface area (Å²) in [5.41, 5.74) is 2.48. The second kappa shape index (κ2) is 5.02. The summed E-state index contributed by atoms with van der Waals surface area (Å²) in [6.07, 6.45) is 7.52. The fourth-order valence-electron chi connectivity index (χ4n) is 3.66. The van der Waals surface area contributed by atoms with Crippen LogP contribution in [0.3, 0.4) is 0 Å². The summed E-state index contributed by atoms with van der Waals surface area (Å²) in [7, 11) is 2.31. The van der Waals surface area contributed by atoms with E-state index in [1.54, 1.807) is 0 Å². The number of nitrogens with one attached hydrogen (secondary N) is 2. The predicted octanol–water partition coefficient (Wildman–Crippen LogP) is 1.68. The van der Waals surface area contributed by atoms with Gasteiger partial charge in [0, 0.05) is 29.9 Å². The molecule has 1 aromatic heterocycles. The van der Waals surface area contributed by atoms with Gasteiger partial charge in [-0.2, -0.15) is 5.10 Å². The number of piperidine rings is 1. The van der Waals surface area contributed by atoms with Gasteiger partial charge in [-0.25, -0.2) is 0 Å². The van der Waals surface area contributed by atoms with Crippen LogP contribution in [0, 0.1) is 12.8 Å². The van der Waals surface area contributed by atoms with Gasteiger partial charge in [-0.3, -0.25) is 5.10 Å². The van der Waals surface area contributed by atoms with Gasteiger partial charge in [0.2, 0.25) is 0 Å². The molecule has 2 fully saturated rings. The van der Waals surface area contributed by atoms with Crippen molar-refractivity contribution in [2.24, 2.45) is 5.92 Å². The van der Waals surface area contributed by atoms with Gasteiger partial charge in [0.25, 0.3) is 0 Å². The molecule has 2 aliphatic heterocycles. The van der Waals surface area contributed by atoms with E-state index in [0.29, 0.717) is 0 Å². The van der Waals surface area contributed by atoms with Crippen molar-refractivity contribution in [2.75, 3.05) is 13.6 Å². The number of hydrogen-bond donors (Lipinski definition) is 2. The maximum Gasteiger partial charge on any atom is 0.0535 e. The molecule has 3 rings (SSSR count). The highest BCUT2D eigenvalue weighted by molar-refractivity contribution is 5.13. The van der Waals surface area contributed by atoms with Gasteiger partial charge in [-0.05, 0) is 52.1 Å². The molecule has 3 heterocycles. The fourth-order valence-corrected chi connectivity index (χ4v) is 3.66. The zero-order valence-electron chi connectivity index (χ0n) is 11.4. The van der Waals surface area contributed by atoms with Crippen LogP contribution in [-0.4, -0.2) is 40.8 Å². The molecule has 1 aromatic rings. The average molecular weight is 248 g/mol. The van der Waals surface area contributed by atoms with Crippen molar-refractivity contribution in [1.82, 2.24) is 20.4 Å². The Balaban J connectivity index is 1.46. The smallest absolute Gasteiger partial charge is 0.0535 e. The first kappa shape index (κ1) is 12.2. The van der Waals surface area contributed by atoms with Crippen molar-refractivity contribution in [1.29, 1.82) is 0 Å². The molecule has 100 valence electrons. The molecule has 2 unspecified atom stereocenters. The van der Waals surface area contributed by atoms with Crippen molar-refractivity contribution in [2.45, 2.75) is 51.2 Å². The third-order valence-corrected chi connectivity index (χ3v) is 4.88. The molecule has 2 saturated heterocycles. The molecule has 2 bridgehead atoms. The quantitative estimate of drug-likeness (QED) is 0.852. The highest BCUT2D eigenvalue weighted by Crippen LogP contribution is 2.36. The van der Waals surface area contributed by atoms with Crippen LogP contribution >= 0.6 is 0 Å². The van der Waals surface area contributed by atoms with Crippen molar-refractivity contribution < 1.29 is 0 Å². The summed E-state index contributed by atoms with van der Waals surface area (Å²) in [4.78, 5) is 2.61. The van der Waals surface area contributed by atoms with E-state index in [4.69, 9.17) is 0 Å². The van der Waals surface area contributed by atoms with Gasteiger partial charge in [0.15, 0.2) is 0 Å². The molecule has 0 spiro atoms. The lowest BCUT2D eigenvalue weighted by molar-refractivity contribution is 0.133. The topological polar surface area (TPSA) is 44.0 Å². The lowest BCUT2D eigenvalue weighted by atomic mass is 9.91. The second-order valence-electron chi connectivity index (χ2n) is 6.04. The van der Waals surface area contributed by atoms with Crippen molar-refractivity contribution >= 4 is 0 Å². The molecule has 4 nitrogen and oxygen atoms in total. The van der Waals surface area contributed by atoms with Crippen LogP contribution in [0.25, 0.3) is 0 Å². The zero-order valence-corrected chi connectivity index (χ0v) is 11.4. The molecule has 0 aromatic carbocycles. The summed E-state index contributed by atoms with van der Waals surface area (Å²) in [6, 6.07) is 1.71. The number of aromatic amines is 1. The van der Waals surface area contributed by atoms with Crippen LogP contribution in [0.15, 0.2) is 6.20 Å². The molecule has 0 aliphatic carbocycles. The SMILES string of the molecule is Cc1[nH]ncc1CNCC1CC2CCC(C1)N2C. The first-order valence-corrected chi connectivity index (χ1v) is 7.15. The Kier molecular flexibility index (Phi) is 3.39. The van der Waals surface area contributed by atoms with E-state index in [1.807, 2.05) is 6.20 Å². The van der Waals surface area contributed by atoms with E-state index >= 15 is 0 Å². The summed E-state index contributed by atoms with van der Waals surface area (Å²) in [5, 5.41) is 10.7. The van der Waals surface area contributed by atoms with Crippen LogP contribution in [0.2, 0.25) is 0 Å². The van der Waals surface area contributed by atoms with Gasteiger partial charge >= 0.3 is 0 Å². The van der Waals surface area contributed by atoms with E-state index in [-0.39, 0.29) is 0 Å². The lowest BCUT2D eigenvalue weighted by Crippen LogP contribution is -2.42. The number of rotatable bonds is 4. The minimum absolute atomic E-state index is 0.853. The molecule has 0 amide bonds. The number of fused-ring (bicyclic) bond motifs is 2. The first-order chi connectivity index (χ1) is 8.74. The second-order valence-corrected chi connectivity index (χ2v) is 6.04. The summed E-state index contributed by atoms with van der Waals surface area (Å²) in [5.74, 6) is 0.867. The number of H-pyrrole nitrogens is 1. The summed E-state index contributed by atoms with van der Waals surface area (Å²) < 4.78 is 0. The Labute approximate surface area is 109 Å². The standard InChI is InChI=1S/C14H24N4/c1-10-12(9-16-17-10)8-15-7-11-5-13-3-4-14(6-11)18(13)2/h9,11,13-15H,3-8H2,1-2H3,(H,16,17). The van der Waals surface area contributed by atoms with Crippen LogP contribution in [0.5, 0.6) is 0 Å². The Morgan fingerprint density at radius 1 is 1.39 bits per heavy atom. The number of nitrogens with zero attached hydrogens (tertiary/aromatic N) is 2.